The fraction of sp³-hybridized carbons (Fsp3) is 0. The average molecular weight is 838 g/mol. The van der Waals surface area contributed by atoms with E-state index in [0.717, 1.165) is 82.7 Å². The molecule has 11 rings (SSSR count). The Balaban J connectivity index is 1.02. The highest BCUT2D eigenvalue weighted by Crippen LogP contribution is 2.43. The Morgan fingerprint density at radius 2 is 0.797 bits per heavy atom. The zero-order chi connectivity index (χ0) is 42.9. The summed E-state index contributed by atoms with van der Waals surface area (Å²) in [6.45, 7) is 0. The number of hydrogen-bond acceptors (Lipinski definition) is 4. The summed E-state index contributed by atoms with van der Waals surface area (Å²) in [5.74, 6) is 0.631. The largest absolute Gasteiger partial charge is 0.309 e. The van der Waals surface area contributed by atoms with Crippen LogP contribution in [-0.4, -0.2) is 15.0 Å². The van der Waals surface area contributed by atoms with Crippen LogP contribution in [0, 0.1) is 0 Å². The summed E-state index contributed by atoms with van der Waals surface area (Å²) in [6.07, 6.45) is 0. The summed E-state index contributed by atoms with van der Waals surface area (Å²) < 4.78 is 15.1. The van der Waals surface area contributed by atoms with Gasteiger partial charge in [0.15, 0.2) is 13.0 Å². The van der Waals surface area contributed by atoms with Gasteiger partial charge in [-0.1, -0.05) is 224 Å². The van der Waals surface area contributed by atoms with Gasteiger partial charge in [0.25, 0.3) is 0 Å². The lowest BCUT2D eigenvalue weighted by Crippen LogP contribution is -2.24. The van der Waals surface area contributed by atoms with Crippen molar-refractivity contribution in [3.05, 3.63) is 243 Å². The Morgan fingerprint density at radius 3 is 1.44 bits per heavy atom. The summed E-state index contributed by atoms with van der Waals surface area (Å²) in [4.78, 5) is 15.7. The molecule has 0 bridgehead atoms. The van der Waals surface area contributed by atoms with E-state index in [1.807, 2.05) is 121 Å². The summed E-state index contributed by atoms with van der Waals surface area (Å²) in [5, 5.41) is 5.79. The molecule has 4 nitrogen and oxygen atoms in total. The molecule has 0 saturated carbocycles. The standard InChI is InChI=1S/C59H40N3OP/c63-64(48-26-12-4-13-27-48,49-28-14-5-15-29-49)50-35-32-42(33-36-50)54-40-55(62-59(61-54)44-22-10-3-11-23-44)47-25-16-24-45(38-47)46-34-37-52-56(39-46)60-58(43-20-8-2-9-21-43)53-31-17-30-51(57(52)53)41-18-6-1-7-19-41/h1-40H. The van der Waals surface area contributed by atoms with Gasteiger partial charge in [-0.3, -0.25) is 0 Å². The minimum Gasteiger partial charge on any atom is -0.309 e. The molecule has 0 aliphatic heterocycles. The van der Waals surface area contributed by atoms with Crippen molar-refractivity contribution in [2.45, 2.75) is 0 Å². The van der Waals surface area contributed by atoms with Gasteiger partial charge in [-0.05, 0) is 40.5 Å². The highest BCUT2D eigenvalue weighted by Gasteiger charge is 2.29. The van der Waals surface area contributed by atoms with Crippen LogP contribution in [0.3, 0.4) is 0 Å². The third-order valence-electron chi connectivity index (χ3n) is 12.0. The quantitative estimate of drug-likeness (QED) is 0.107. The molecule has 0 amide bonds. The van der Waals surface area contributed by atoms with Gasteiger partial charge in [-0.25, -0.2) is 15.0 Å². The molecule has 64 heavy (non-hydrogen) atoms. The number of nitrogens with zero attached hydrogens (tertiary/aromatic N) is 3. The highest BCUT2D eigenvalue weighted by atomic mass is 31.2. The number of fused-ring (bicyclic) bond motifs is 3. The van der Waals surface area contributed by atoms with Crippen LogP contribution < -0.4 is 15.9 Å². The van der Waals surface area contributed by atoms with E-state index < -0.39 is 7.14 Å². The Labute approximate surface area is 372 Å². The topological polar surface area (TPSA) is 55.7 Å². The van der Waals surface area contributed by atoms with E-state index in [1.54, 1.807) is 0 Å². The molecule has 0 spiro atoms. The van der Waals surface area contributed by atoms with Gasteiger partial charge in [0.1, 0.15) is 0 Å². The van der Waals surface area contributed by atoms with Gasteiger partial charge in [-0.15, -0.1) is 0 Å². The third-order valence-corrected chi connectivity index (χ3v) is 15.0. The van der Waals surface area contributed by atoms with Crippen LogP contribution in [0.15, 0.2) is 243 Å². The summed E-state index contributed by atoms with van der Waals surface area (Å²) in [5.41, 5.74) is 11.8. The Hall–Kier alpha value is -8.04. The monoisotopic (exact) mass is 837 g/mol. The van der Waals surface area contributed by atoms with Gasteiger partial charge >= 0.3 is 0 Å². The molecular formula is C59H40N3OP. The number of hydrogen-bond donors (Lipinski definition) is 0. The lowest BCUT2D eigenvalue weighted by Gasteiger charge is -2.20. The minimum atomic E-state index is -3.14. The zero-order valence-electron chi connectivity index (χ0n) is 34.8. The molecule has 0 aliphatic carbocycles. The molecule has 0 radical (unpaired) electrons. The first-order valence-corrected chi connectivity index (χ1v) is 23.2. The van der Waals surface area contributed by atoms with E-state index in [1.165, 1.54) is 16.5 Å². The van der Waals surface area contributed by atoms with Gasteiger partial charge in [-0.2, -0.15) is 0 Å². The molecule has 11 aromatic rings. The first kappa shape index (κ1) is 38.9. The summed E-state index contributed by atoms with van der Waals surface area (Å²) >= 11 is 0. The third kappa shape index (κ3) is 7.20. The van der Waals surface area contributed by atoms with Crippen molar-refractivity contribution in [3.8, 4) is 67.4 Å². The maximum absolute atomic E-state index is 15.1. The van der Waals surface area contributed by atoms with E-state index >= 15 is 4.57 Å². The Morgan fingerprint density at radius 1 is 0.312 bits per heavy atom. The fourth-order valence-corrected chi connectivity index (χ4v) is 11.4. The number of aromatic nitrogens is 3. The zero-order valence-corrected chi connectivity index (χ0v) is 35.7. The minimum absolute atomic E-state index is 0.631. The average Bonchev–Trinajstić information content (AvgIpc) is 3.39. The number of pyridine rings is 1. The lowest BCUT2D eigenvalue weighted by atomic mass is 9.92. The normalized spacial score (nSPS) is 11.5. The molecular weight excluding hydrogens is 798 g/mol. The van der Waals surface area contributed by atoms with Crippen LogP contribution in [0.1, 0.15) is 0 Å². The molecule has 5 heteroatoms. The Bertz CT molecular complexity index is 3450. The maximum atomic E-state index is 15.1. The smallest absolute Gasteiger partial charge is 0.171 e. The van der Waals surface area contributed by atoms with Gasteiger partial charge in [0, 0.05) is 54.3 Å². The second kappa shape index (κ2) is 16.7. The van der Waals surface area contributed by atoms with E-state index in [-0.39, 0.29) is 0 Å². The molecule has 0 atom stereocenters. The van der Waals surface area contributed by atoms with E-state index in [4.69, 9.17) is 15.0 Å². The lowest BCUT2D eigenvalue weighted by molar-refractivity contribution is 0.592. The van der Waals surface area contributed by atoms with E-state index in [2.05, 4.69) is 121 Å². The van der Waals surface area contributed by atoms with Crippen LogP contribution in [0.5, 0.6) is 0 Å². The summed E-state index contributed by atoms with van der Waals surface area (Å²) in [7, 11) is -3.14. The number of rotatable bonds is 9. The van der Waals surface area contributed by atoms with Crippen LogP contribution in [0.2, 0.25) is 0 Å². The van der Waals surface area contributed by atoms with Crippen LogP contribution in [-0.2, 0) is 4.57 Å². The summed E-state index contributed by atoms with van der Waals surface area (Å²) in [6, 6.07) is 82.5. The van der Waals surface area contributed by atoms with Crippen LogP contribution in [0.25, 0.3) is 89.1 Å². The van der Waals surface area contributed by atoms with Crippen molar-refractivity contribution in [1.29, 1.82) is 0 Å². The van der Waals surface area contributed by atoms with Crippen LogP contribution >= 0.6 is 7.14 Å². The van der Waals surface area contributed by atoms with E-state index in [9.17, 15) is 0 Å². The predicted molar refractivity (Wildman–Crippen MR) is 267 cm³/mol. The molecule has 0 aliphatic rings. The van der Waals surface area contributed by atoms with Crippen molar-refractivity contribution in [2.75, 3.05) is 0 Å². The number of benzene rings is 9. The molecule has 2 heterocycles. The van der Waals surface area contributed by atoms with Crippen molar-refractivity contribution in [2.24, 2.45) is 0 Å². The van der Waals surface area contributed by atoms with Crippen molar-refractivity contribution in [1.82, 2.24) is 15.0 Å². The molecule has 0 saturated heterocycles. The predicted octanol–water partition coefficient (Wildman–Crippen LogP) is 13.8. The van der Waals surface area contributed by atoms with E-state index in [0.29, 0.717) is 5.82 Å². The van der Waals surface area contributed by atoms with Crippen molar-refractivity contribution >= 4 is 44.7 Å². The van der Waals surface area contributed by atoms with Gasteiger partial charge in [0.2, 0.25) is 0 Å². The second-order valence-electron chi connectivity index (χ2n) is 15.9. The van der Waals surface area contributed by atoms with Gasteiger partial charge < -0.3 is 4.57 Å². The molecule has 0 unspecified atom stereocenters. The van der Waals surface area contributed by atoms with Crippen LogP contribution in [0.4, 0.5) is 0 Å². The first-order valence-electron chi connectivity index (χ1n) is 21.5. The van der Waals surface area contributed by atoms with Crippen molar-refractivity contribution in [3.63, 3.8) is 0 Å². The molecule has 0 N–H and O–H groups in total. The van der Waals surface area contributed by atoms with Gasteiger partial charge in [0.05, 0.1) is 22.6 Å². The molecule has 0 fully saturated rings. The highest BCUT2D eigenvalue weighted by molar-refractivity contribution is 7.85. The molecule has 2 aromatic heterocycles. The van der Waals surface area contributed by atoms with Crippen molar-refractivity contribution < 1.29 is 4.57 Å². The first-order chi connectivity index (χ1) is 31.6. The molecule has 302 valence electrons. The second-order valence-corrected chi connectivity index (χ2v) is 18.7. The molecule has 9 aromatic carbocycles. The fourth-order valence-electron chi connectivity index (χ4n) is 8.79. The SMILES string of the molecule is O=P(c1ccccc1)(c1ccccc1)c1ccc(-c2cc(-c3cccc(-c4ccc5c(c4)nc(-c4ccccc4)c4cccc(-c6ccccc6)c45)c3)nc(-c3ccccc3)n2)cc1. The maximum Gasteiger partial charge on any atom is 0.171 e. The Kier molecular flexibility index (Phi) is 10.1.